The largest absolute Gasteiger partial charge is 0.313 e. The fourth-order valence-electron chi connectivity index (χ4n) is 1.90. The van der Waals surface area contributed by atoms with E-state index in [-0.39, 0.29) is 11.6 Å². The second-order valence-corrected chi connectivity index (χ2v) is 7.43. The summed E-state index contributed by atoms with van der Waals surface area (Å²) in [6.45, 7) is 5.51. The minimum Gasteiger partial charge on any atom is -0.313 e. The lowest BCUT2D eigenvalue weighted by Crippen LogP contribution is -2.25. The predicted molar refractivity (Wildman–Crippen MR) is 83.7 cm³/mol. The van der Waals surface area contributed by atoms with Gasteiger partial charge in [0, 0.05) is 29.2 Å². The van der Waals surface area contributed by atoms with Crippen molar-refractivity contribution in [1.29, 1.82) is 0 Å². The molecule has 21 heavy (non-hydrogen) atoms. The van der Waals surface area contributed by atoms with E-state index < -0.39 is 10.0 Å². The summed E-state index contributed by atoms with van der Waals surface area (Å²) in [6, 6.07) is 3.79. The van der Waals surface area contributed by atoms with Gasteiger partial charge in [0.15, 0.2) is 5.03 Å². The lowest BCUT2D eigenvalue weighted by Gasteiger charge is -2.07. The van der Waals surface area contributed by atoms with Crippen LogP contribution < -0.4 is 10.0 Å². The SMILES string of the molecule is CCCNCc1c(S(=O)(=O)NCc2cccs2)n[nH]c1C. The third-order valence-corrected chi connectivity index (χ3v) is 5.28. The first kappa shape index (κ1) is 16.2. The summed E-state index contributed by atoms with van der Waals surface area (Å²) in [4.78, 5) is 0.969. The first-order valence-corrected chi connectivity index (χ1v) is 9.17. The second kappa shape index (κ2) is 7.17. The van der Waals surface area contributed by atoms with Crippen molar-refractivity contribution in [1.82, 2.24) is 20.2 Å². The van der Waals surface area contributed by atoms with E-state index in [1.54, 1.807) is 0 Å². The average molecular weight is 328 g/mol. The zero-order chi connectivity index (χ0) is 15.3. The first-order valence-electron chi connectivity index (χ1n) is 6.81. The van der Waals surface area contributed by atoms with Gasteiger partial charge in [-0.15, -0.1) is 11.3 Å². The molecule has 2 aromatic rings. The maximum Gasteiger partial charge on any atom is 0.260 e. The number of hydrogen-bond acceptors (Lipinski definition) is 5. The van der Waals surface area contributed by atoms with Crippen LogP contribution in [0.15, 0.2) is 22.5 Å². The number of aromatic nitrogens is 2. The molecule has 0 saturated heterocycles. The number of nitrogens with one attached hydrogen (secondary N) is 3. The molecule has 0 unspecified atom stereocenters. The van der Waals surface area contributed by atoms with Gasteiger partial charge in [0.1, 0.15) is 0 Å². The maximum absolute atomic E-state index is 12.4. The lowest BCUT2D eigenvalue weighted by atomic mass is 10.2. The molecule has 0 radical (unpaired) electrons. The van der Waals surface area contributed by atoms with Crippen molar-refractivity contribution in [3.8, 4) is 0 Å². The topological polar surface area (TPSA) is 86.9 Å². The summed E-state index contributed by atoms with van der Waals surface area (Å²) < 4.78 is 27.3. The van der Waals surface area contributed by atoms with E-state index in [1.165, 1.54) is 11.3 Å². The van der Waals surface area contributed by atoms with Gasteiger partial charge >= 0.3 is 0 Å². The van der Waals surface area contributed by atoms with E-state index in [4.69, 9.17) is 0 Å². The minimum atomic E-state index is -3.61. The highest BCUT2D eigenvalue weighted by Crippen LogP contribution is 2.17. The Morgan fingerprint density at radius 2 is 2.19 bits per heavy atom. The quantitative estimate of drug-likeness (QED) is 0.644. The zero-order valence-corrected chi connectivity index (χ0v) is 13.8. The molecule has 0 aromatic carbocycles. The average Bonchev–Trinajstić information content (AvgIpc) is 3.08. The molecule has 0 fully saturated rings. The van der Waals surface area contributed by atoms with Gasteiger partial charge in [-0.2, -0.15) is 5.10 Å². The van der Waals surface area contributed by atoms with Gasteiger partial charge in [-0.3, -0.25) is 5.10 Å². The standard InChI is InChI=1S/C13H20N4O2S2/c1-3-6-14-9-12-10(2)16-17-13(12)21(18,19)15-8-11-5-4-7-20-11/h4-5,7,14-15H,3,6,8-9H2,1-2H3,(H,16,17). The fraction of sp³-hybridized carbons (Fsp3) is 0.462. The van der Waals surface area contributed by atoms with Crippen LogP contribution in [0.4, 0.5) is 0 Å². The van der Waals surface area contributed by atoms with Crippen molar-refractivity contribution in [2.45, 2.75) is 38.4 Å². The number of rotatable bonds is 8. The Morgan fingerprint density at radius 1 is 1.38 bits per heavy atom. The normalized spacial score (nSPS) is 11.9. The number of nitrogens with zero attached hydrogens (tertiary/aromatic N) is 1. The van der Waals surface area contributed by atoms with Crippen LogP contribution in [0.2, 0.25) is 0 Å². The molecule has 2 heterocycles. The summed E-state index contributed by atoms with van der Waals surface area (Å²) in [6.07, 6.45) is 0.996. The van der Waals surface area contributed by atoms with Crippen LogP contribution in [-0.4, -0.2) is 25.2 Å². The van der Waals surface area contributed by atoms with Gasteiger partial charge in [-0.05, 0) is 31.3 Å². The Hall–Kier alpha value is -1.22. The molecule has 6 nitrogen and oxygen atoms in total. The summed E-state index contributed by atoms with van der Waals surface area (Å²) >= 11 is 1.52. The summed E-state index contributed by atoms with van der Waals surface area (Å²) in [5, 5.41) is 11.9. The minimum absolute atomic E-state index is 0.0835. The Bertz CT molecular complexity index is 662. The van der Waals surface area contributed by atoms with E-state index in [0.717, 1.165) is 23.5 Å². The highest BCUT2D eigenvalue weighted by atomic mass is 32.2. The van der Waals surface area contributed by atoms with Crippen molar-refractivity contribution in [3.63, 3.8) is 0 Å². The monoisotopic (exact) mass is 328 g/mol. The number of aryl methyl sites for hydroxylation is 1. The van der Waals surface area contributed by atoms with Crippen LogP contribution in [-0.2, 0) is 23.1 Å². The molecular weight excluding hydrogens is 308 g/mol. The number of H-pyrrole nitrogens is 1. The Balaban J connectivity index is 2.11. The van der Waals surface area contributed by atoms with E-state index >= 15 is 0 Å². The van der Waals surface area contributed by atoms with Gasteiger partial charge in [0.05, 0.1) is 0 Å². The van der Waals surface area contributed by atoms with E-state index in [2.05, 4.69) is 27.2 Å². The molecule has 0 aliphatic carbocycles. The first-order chi connectivity index (χ1) is 10.0. The maximum atomic E-state index is 12.4. The summed E-state index contributed by atoms with van der Waals surface area (Å²) in [5.74, 6) is 0. The van der Waals surface area contributed by atoms with Crippen LogP contribution in [0.25, 0.3) is 0 Å². The molecule has 0 spiro atoms. The molecule has 0 bridgehead atoms. The highest BCUT2D eigenvalue weighted by Gasteiger charge is 2.23. The molecule has 3 N–H and O–H groups in total. The molecule has 0 aliphatic heterocycles. The highest BCUT2D eigenvalue weighted by molar-refractivity contribution is 7.89. The van der Waals surface area contributed by atoms with Gasteiger partial charge in [0.2, 0.25) is 0 Å². The van der Waals surface area contributed by atoms with Crippen LogP contribution in [0, 0.1) is 6.92 Å². The van der Waals surface area contributed by atoms with E-state index in [1.807, 2.05) is 24.4 Å². The number of aromatic amines is 1. The zero-order valence-electron chi connectivity index (χ0n) is 12.1. The van der Waals surface area contributed by atoms with Crippen LogP contribution in [0.1, 0.15) is 29.5 Å². The van der Waals surface area contributed by atoms with Crippen molar-refractivity contribution in [2.24, 2.45) is 0 Å². The fourth-order valence-corrected chi connectivity index (χ4v) is 3.83. The molecule has 0 amide bonds. The van der Waals surface area contributed by atoms with E-state index in [0.29, 0.717) is 12.1 Å². The summed E-state index contributed by atoms with van der Waals surface area (Å²) in [5.41, 5.74) is 1.47. The third-order valence-electron chi connectivity index (χ3n) is 3.04. The van der Waals surface area contributed by atoms with Crippen LogP contribution in [0.3, 0.4) is 0 Å². The Labute approximate surface area is 129 Å². The van der Waals surface area contributed by atoms with Crippen molar-refractivity contribution in [2.75, 3.05) is 6.54 Å². The van der Waals surface area contributed by atoms with Crippen LogP contribution in [0.5, 0.6) is 0 Å². The van der Waals surface area contributed by atoms with Gasteiger partial charge in [-0.1, -0.05) is 13.0 Å². The molecule has 2 rings (SSSR count). The van der Waals surface area contributed by atoms with Gasteiger partial charge in [-0.25, -0.2) is 13.1 Å². The molecule has 116 valence electrons. The smallest absolute Gasteiger partial charge is 0.260 e. The molecule has 0 atom stereocenters. The lowest BCUT2D eigenvalue weighted by molar-refractivity contribution is 0.574. The van der Waals surface area contributed by atoms with Crippen LogP contribution >= 0.6 is 11.3 Å². The van der Waals surface area contributed by atoms with Crippen molar-refractivity contribution in [3.05, 3.63) is 33.6 Å². The molecule has 2 aromatic heterocycles. The Morgan fingerprint density at radius 3 is 2.86 bits per heavy atom. The molecule has 8 heteroatoms. The number of thiophene rings is 1. The Kier molecular flexibility index (Phi) is 5.51. The number of hydrogen-bond donors (Lipinski definition) is 3. The molecule has 0 saturated carbocycles. The number of sulfonamides is 1. The third kappa shape index (κ3) is 4.13. The van der Waals surface area contributed by atoms with Crippen molar-refractivity contribution < 1.29 is 8.42 Å². The van der Waals surface area contributed by atoms with E-state index in [9.17, 15) is 8.42 Å². The van der Waals surface area contributed by atoms with Gasteiger partial charge in [0.25, 0.3) is 10.0 Å². The predicted octanol–water partition coefficient (Wildman–Crippen LogP) is 1.76. The summed E-state index contributed by atoms with van der Waals surface area (Å²) in [7, 11) is -3.61. The molecular formula is C13H20N4O2S2. The second-order valence-electron chi connectivity index (χ2n) is 4.71. The molecule has 0 aliphatic rings. The van der Waals surface area contributed by atoms with Gasteiger partial charge < -0.3 is 5.32 Å². The van der Waals surface area contributed by atoms with Crippen molar-refractivity contribution >= 4 is 21.4 Å².